The van der Waals surface area contributed by atoms with E-state index in [1.165, 1.54) is 12.1 Å². The molecule has 0 bridgehead atoms. The zero-order valence-electron chi connectivity index (χ0n) is 15.3. The van der Waals surface area contributed by atoms with E-state index in [2.05, 4.69) is 5.16 Å². The van der Waals surface area contributed by atoms with Crippen LogP contribution in [0.25, 0.3) is 0 Å². The molecule has 0 saturated heterocycles. The Morgan fingerprint density at radius 1 is 1.07 bits per heavy atom. The Morgan fingerprint density at radius 3 is 2.33 bits per heavy atom. The van der Waals surface area contributed by atoms with Crippen LogP contribution in [0.15, 0.2) is 41.6 Å². The van der Waals surface area contributed by atoms with Gasteiger partial charge in [0.2, 0.25) is 0 Å². The number of oxime groups is 1. The normalized spacial score (nSPS) is 12.1. The van der Waals surface area contributed by atoms with Gasteiger partial charge in [-0.25, -0.2) is 0 Å². The van der Waals surface area contributed by atoms with Gasteiger partial charge in [0.1, 0.15) is 17.6 Å². The number of hydrogen-bond acceptors (Lipinski definition) is 5. The fourth-order valence-electron chi connectivity index (χ4n) is 2.03. The van der Waals surface area contributed by atoms with E-state index in [-0.39, 0.29) is 21.9 Å². The molecule has 0 radical (unpaired) electrons. The zero-order valence-corrected chi connectivity index (χ0v) is 16.8. The standard InChI is InChI=1S/C20H23Cl2NO4/c1-3-14(2)27-23-13-15-5-7-17(8-6-15)25-9-4-10-26-20-18(21)11-16(24)12-19(20)22/h5-8,11-14,24H,3-4,9-10H2,1-2H3/b23-13+. The third-order valence-corrected chi connectivity index (χ3v) is 4.25. The van der Waals surface area contributed by atoms with Crippen molar-refractivity contribution in [3.63, 3.8) is 0 Å². The van der Waals surface area contributed by atoms with Gasteiger partial charge < -0.3 is 19.4 Å². The smallest absolute Gasteiger partial charge is 0.156 e. The van der Waals surface area contributed by atoms with E-state index >= 15 is 0 Å². The van der Waals surface area contributed by atoms with Crippen LogP contribution in [0.2, 0.25) is 10.0 Å². The van der Waals surface area contributed by atoms with Gasteiger partial charge in [-0.15, -0.1) is 0 Å². The summed E-state index contributed by atoms with van der Waals surface area (Å²) in [5.74, 6) is 1.12. The second-order valence-corrected chi connectivity index (χ2v) is 6.73. The number of benzene rings is 2. The molecule has 0 fully saturated rings. The predicted octanol–water partition coefficient (Wildman–Crippen LogP) is 5.70. The van der Waals surface area contributed by atoms with Crippen LogP contribution < -0.4 is 9.47 Å². The predicted molar refractivity (Wildman–Crippen MR) is 109 cm³/mol. The first kappa shape index (κ1) is 21.2. The maximum atomic E-state index is 9.40. The van der Waals surface area contributed by atoms with Crippen molar-refractivity contribution in [3.8, 4) is 17.2 Å². The summed E-state index contributed by atoms with van der Waals surface area (Å²) < 4.78 is 11.2. The molecule has 0 aliphatic rings. The summed E-state index contributed by atoms with van der Waals surface area (Å²) >= 11 is 12.0. The molecule has 1 N–H and O–H groups in total. The number of halogens is 2. The third-order valence-electron chi connectivity index (χ3n) is 3.68. The van der Waals surface area contributed by atoms with Crippen LogP contribution in [-0.2, 0) is 4.84 Å². The fourth-order valence-corrected chi connectivity index (χ4v) is 2.61. The quantitative estimate of drug-likeness (QED) is 0.309. The summed E-state index contributed by atoms with van der Waals surface area (Å²) in [6.45, 7) is 4.90. The van der Waals surface area contributed by atoms with Crippen molar-refractivity contribution >= 4 is 29.4 Å². The second kappa shape index (κ2) is 10.9. The first-order valence-corrected chi connectivity index (χ1v) is 9.48. The lowest BCUT2D eigenvalue weighted by atomic mass is 10.2. The molecular weight excluding hydrogens is 389 g/mol. The Labute approximate surface area is 169 Å². The molecule has 146 valence electrons. The zero-order chi connectivity index (χ0) is 19.6. The average molecular weight is 412 g/mol. The fraction of sp³-hybridized carbons (Fsp3) is 0.350. The summed E-state index contributed by atoms with van der Waals surface area (Å²) in [7, 11) is 0. The largest absolute Gasteiger partial charge is 0.508 e. The monoisotopic (exact) mass is 411 g/mol. The number of rotatable bonds is 10. The van der Waals surface area contributed by atoms with Crippen molar-refractivity contribution in [3.05, 3.63) is 52.0 Å². The summed E-state index contributed by atoms with van der Waals surface area (Å²) in [5, 5.41) is 13.9. The van der Waals surface area contributed by atoms with Crippen LogP contribution in [-0.4, -0.2) is 30.6 Å². The molecule has 2 rings (SSSR count). The van der Waals surface area contributed by atoms with Crippen LogP contribution in [0.5, 0.6) is 17.2 Å². The first-order valence-electron chi connectivity index (χ1n) is 8.72. The summed E-state index contributed by atoms with van der Waals surface area (Å²) in [4.78, 5) is 5.27. The lowest BCUT2D eigenvalue weighted by Gasteiger charge is -2.11. The van der Waals surface area contributed by atoms with Crippen LogP contribution in [0.1, 0.15) is 32.3 Å². The van der Waals surface area contributed by atoms with Crippen molar-refractivity contribution in [1.29, 1.82) is 0 Å². The topological polar surface area (TPSA) is 60.3 Å². The minimum atomic E-state index is 0.000567. The van der Waals surface area contributed by atoms with Gasteiger partial charge in [0.15, 0.2) is 5.75 Å². The Bertz CT molecular complexity index is 727. The van der Waals surface area contributed by atoms with Crippen molar-refractivity contribution in [1.82, 2.24) is 0 Å². The highest BCUT2D eigenvalue weighted by atomic mass is 35.5. The summed E-state index contributed by atoms with van der Waals surface area (Å²) in [6, 6.07) is 10.3. The van der Waals surface area contributed by atoms with Gasteiger partial charge in [0, 0.05) is 18.6 Å². The molecule has 1 atom stereocenters. The molecule has 2 aromatic rings. The summed E-state index contributed by atoms with van der Waals surface area (Å²) in [6.07, 6.45) is 3.35. The number of hydrogen-bond donors (Lipinski definition) is 1. The number of ether oxygens (including phenoxy) is 2. The average Bonchev–Trinajstić information content (AvgIpc) is 2.64. The number of phenols is 1. The van der Waals surface area contributed by atoms with Gasteiger partial charge in [-0.2, -0.15) is 0 Å². The maximum absolute atomic E-state index is 9.40. The molecular formula is C20H23Cl2NO4. The molecule has 0 aliphatic heterocycles. The van der Waals surface area contributed by atoms with Gasteiger partial charge in [-0.05, 0) is 43.2 Å². The molecule has 2 aromatic carbocycles. The first-order chi connectivity index (χ1) is 13.0. The van der Waals surface area contributed by atoms with Gasteiger partial charge >= 0.3 is 0 Å². The number of phenolic OH excluding ortho intramolecular Hbond substituents is 1. The Morgan fingerprint density at radius 2 is 1.70 bits per heavy atom. The molecule has 7 heteroatoms. The third kappa shape index (κ3) is 7.19. The molecule has 0 spiro atoms. The highest BCUT2D eigenvalue weighted by Gasteiger charge is 2.09. The lowest BCUT2D eigenvalue weighted by molar-refractivity contribution is 0.0712. The molecule has 0 saturated carbocycles. The van der Waals surface area contributed by atoms with E-state index in [1.807, 2.05) is 38.1 Å². The van der Waals surface area contributed by atoms with Crippen molar-refractivity contribution in [2.45, 2.75) is 32.8 Å². The van der Waals surface area contributed by atoms with E-state index in [0.717, 1.165) is 17.7 Å². The van der Waals surface area contributed by atoms with Gasteiger partial charge in [0.05, 0.1) is 29.5 Å². The Balaban J connectivity index is 1.71. The van der Waals surface area contributed by atoms with E-state index in [9.17, 15) is 5.11 Å². The Kier molecular flexibility index (Phi) is 8.55. The van der Waals surface area contributed by atoms with Gasteiger partial charge in [0.25, 0.3) is 0 Å². The van der Waals surface area contributed by atoms with Crippen LogP contribution >= 0.6 is 23.2 Å². The SMILES string of the molecule is CCC(C)O/N=C/c1ccc(OCCCOc2c(Cl)cc(O)cc2Cl)cc1. The van der Waals surface area contributed by atoms with E-state index < -0.39 is 0 Å². The van der Waals surface area contributed by atoms with Gasteiger partial charge in [-0.3, -0.25) is 0 Å². The Hall–Kier alpha value is -2.11. The van der Waals surface area contributed by atoms with Crippen LogP contribution in [0, 0.1) is 0 Å². The molecule has 0 aliphatic carbocycles. The van der Waals surface area contributed by atoms with Crippen molar-refractivity contribution in [2.75, 3.05) is 13.2 Å². The molecule has 27 heavy (non-hydrogen) atoms. The summed E-state index contributed by atoms with van der Waals surface area (Å²) in [5.41, 5.74) is 0.936. The van der Waals surface area contributed by atoms with E-state index in [1.54, 1.807) is 6.21 Å². The molecule has 0 heterocycles. The number of aromatic hydroxyl groups is 1. The molecule has 1 unspecified atom stereocenters. The van der Waals surface area contributed by atoms with Crippen molar-refractivity contribution in [2.24, 2.45) is 5.16 Å². The minimum absolute atomic E-state index is 0.000567. The van der Waals surface area contributed by atoms with Crippen molar-refractivity contribution < 1.29 is 19.4 Å². The van der Waals surface area contributed by atoms with E-state index in [4.69, 9.17) is 37.5 Å². The highest BCUT2D eigenvalue weighted by molar-refractivity contribution is 6.37. The molecule has 5 nitrogen and oxygen atoms in total. The van der Waals surface area contributed by atoms with Gasteiger partial charge in [-0.1, -0.05) is 35.3 Å². The minimum Gasteiger partial charge on any atom is -0.508 e. The molecule has 0 amide bonds. The lowest BCUT2D eigenvalue weighted by Crippen LogP contribution is -2.05. The number of nitrogens with zero attached hydrogens (tertiary/aromatic N) is 1. The van der Waals surface area contributed by atoms with Crippen LogP contribution in [0.4, 0.5) is 0 Å². The maximum Gasteiger partial charge on any atom is 0.156 e. The highest BCUT2D eigenvalue weighted by Crippen LogP contribution is 2.36. The molecule has 0 aromatic heterocycles. The second-order valence-electron chi connectivity index (χ2n) is 5.92. The van der Waals surface area contributed by atoms with E-state index in [0.29, 0.717) is 25.4 Å². The van der Waals surface area contributed by atoms with Crippen LogP contribution in [0.3, 0.4) is 0 Å².